The van der Waals surface area contributed by atoms with E-state index in [1.807, 2.05) is 43.3 Å². The van der Waals surface area contributed by atoms with Crippen molar-refractivity contribution in [1.29, 1.82) is 0 Å². The summed E-state index contributed by atoms with van der Waals surface area (Å²) in [4.78, 5) is 59.3. The molecule has 4 atom stereocenters. The predicted octanol–water partition coefficient (Wildman–Crippen LogP) is 3.10. The fraction of sp³-hybridized carbons (Fsp3) is 0.457. The molecule has 4 N–H and O–H groups in total. The number of ether oxygens (including phenoxy) is 9. The summed E-state index contributed by atoms with van der Waals surface area (Å²) in [6.45, 7) is 5.89. The Morgan fingerprint density at radius 1 is 0.562 bits per heavy atom. The van der Waals surface area contributed by atoms with E-state index in [-0.39, 0.29) is 83.9 Å². The molecule has 0 saturated heterocycles. The van der Waals surface area contributed by atoms with Gasteiger partial charge in [0.1, 0.15) is 55.9 Å². The molecular formula is C46H58O18. The van der Waals surface area contributed by atoms with Crippen molar-refractivity contribution in [2.75, 3.05) is 66.6 Å². The Morgan fingerprint density at radius 2 is 0.984 bits per heavy atom. The Morgan fingerprint density at radius 3 is 1.45 bits per heavy atom. The van der Waals surface area contributed by atoms with Gasteiger partial charge < -0.3 is 63.1 Å². The first-order valence-corrected chi connectivity index (χ1v) is 20.5. The second kappa shape index (κ2) is 27.9. The highest BCUT2D eigenvalue weighted by Gasteiger charge is 2.32. The van der Waals surface area contributed by atoms with Crippen LogP contribution in [0.25, 0.3) is 0 Å². The van der Waals surface area contributed by atoms with Crippen LogP contribution in [0.2, 0.25) is 0 Å². The highest BCUT2D eigenvalue weighted by molar-refractivity contribution is 5.86. The molecule has 0 saturated carbocycles. The zero-order valence-electron chi connectivity index (χ0n) is 36.3. The Bertz CT molecular complexity index is 1910. The summed E-state index contributed by atoms with van der Waals surface area (Å²) in [5.74, 6) is -2.01. The maximum atomic E-state index is 12.2. The number of hydrogen-bond acceptors (Lipinski definition) is 18. The van der Waals surface area contributed by atoms with E-state index in [2.05, 4.69) is 6.58 Å². The molecule has 0 spiro atoms. The van der Waals surface area contributed by atoms with Crippen LogP contribution in [0, 0.1) is 0 Å². The van der Waals surface area contributed by atoms with Crippen molar-refractivity contribution in [3.8, 4) is 17.2 Å². The molecule has 18 heteroatoms. The van der Waals surface area contributed by atoms with Crippen molar-refractivity contribution in [2.45, 2.75) is 69.9 Å². The third-order valence-corrected chi connectivity index (χ3v) is 9.24. The van der Waals surface area contributed by atoms with Crippen molar-refractivity contribution in [1.82, 2.24) is 0 Å². The molecule has 0 aliphatic rings. The van der Waals surface area contributed by atoms with Crippen LogP contribution in [0.15, 0.2) is 84.9 Å². The van der Waals surface area contributed by atoms with Crippen molar-refractivity contribution in [2.24, 2.45) is 0 Å². The van der Waals surface area contributed by atoms with Gasteiger partial charge in [-0.1, -0.05) is 43.0 Å². The van der Waals surface area contributed by atoms with Crippen LogP contribution in [-0.2, 0) is 57.8 Å². The van der Waals surface area contributed by atoms with Gasteiger partial charge in [0.2, 0.25) is 6.29 Å². The van der Waals surface area contributed by atoms with Crippen molar-refractivity contribution >= 4 is 29.8 Å². The molecule has 0 fully saturated rings. The molecule has 0 aliphatic heterocycles. The Kier molecular flexibility index (Phi) is 22.8. The first-order valence-electron chi connectivity index (χ1n) is 20.5. The molecule has 18 nitrogen and oxygen atoms in total. The van der Waals surface area contributed by atoms with E-state index in [1.54, 1.807) is 36.4 Å². The minimum Gasteiger partial charge on any atom is -0.491 e. The zero-order valence-corrected chi connectivity index (χ0v) is 36.3. The van der Waals surface area contributed by atoms with Crippen LogP contribution in [0.4, 0.5) is 0 Å². The number of aliphatic hydroxyl groups is 4. The fourth-order valence-electron chi connectivity index (χ4n) is 5.64. The Balaban J connectivity index is 1.59. The number of carbonyl (C=O) groups is 5. The third kappa shape index (κ3) is 18.7. The van der Waals surface area contributed by atoms with Crippen LogP contribution in [0.5, 0.6) is 17.2 Å². The molecule has 3 aromatic rings. The Hall–Kier alpha value is -6.05. The highest BCUT2D eigenvalue weighted by atomic mass is 16.7. The van der Waals surface area contributed by atoms with Crippen molar-refractivity contribution in [3.63, 3.8) is 0 Å². The summed E-state index contributed by atoms with van der Waals surface area (Å²) in [5.41, 5.74) is 1.97. The van der Waals surface area contributed by atoms with Crippen LogP contribution in [0.1, 0.15) is 62.6 Å². The molecule has 350 valence electrons. The van der Waals surface area contributed by atoms with E-state index < -0.39 is 67.0 Å². The molecule has 4 unspecified atom stereocenters. The number of carbonyl (C=O) groups excluding carboxylic acids is 5. The maximum absolute atomic E-state index is 12.2. The van der Waals surface area contributed by atoms with E-state index in [1.165, 1.54) is 14.0 Å². The normalized spacial score (nSPS) is 13.2. The molecule has 3 aromatic carbocycles. The molecule has 0 amide bonds. The predicted molar refractivity (Wildman–Crippen MR) is 226 cm³/mol. The fourth-order valence-corrected chi connectivity index (χ4v) is 5.64. The van der Waals surface area contributed by atoms with Crippen molar-refractivity contribution in [3.05, 3.63) is 102 Å². The quantitative estimate of drug-likeness (QED) is 0.0187. The third-order valence-electron chi connectivity index (χ3n) is 9.24. The van der Waals surface area contributed by atoms with Gasteiger partial charge in [0.05, 0.1) is 52.1 Å². The lowest BCUT2D eigenvalue weighted by Crippen LogP contribution is -2.26. The lowest BCUT2D eigenvalue weighted by Gasteiger charge is -2.32. The standard InChI is InChI=1S/C46H58O18/c1-31(2)45(55)59-23-5-22-57-40(50)20-21-43(53)64-44(54)30-62-39-16-10-34(11-17-39)46(3,32-6-12-37(13-7-32)60-27-35(48)26-47)33-8-14-38(15-9-33)61-28-36(49)29-63-42(52)19-18-41(51)58-25-24-56-4/h6-17,35-36,44,47-49,54H,1,5,18-30H2,2-4H3. The van der Waals surface area contributed by atoms with Gasteiger partial charge in [-0.05, 0) is 66.9 Å². The van der Waals surface area contributed by atoms with Gasteiger partial charge in [-0.2, -0.15) is 0 Å². The zero-order chi connectivity index (χ0) is 46.9. The molecule has 3 rings (SSSR count). The summed E-state index contributed by atoms with van der Waals surface area (Å²) in [6, 6.07) is 21.4. The Labute approximate surface area is 371 Å². The summed E-state index contributed by atoms with van der Waals surface area (Å²) < 4.78 is 46.7. The molecule has 0 aliphatic carbocycles. The van der Waals surface area contributed by atoms with Gasteiger partial charge in [-0.3, -0.25) is 19.2 Å². The van der Waals surface area contributed by atoms with Crippen LogP contribution in [0.3, 0.4) is 0 Å². The highest BCUT2D eigenvalue weighted by Crippen LogP contribution is 2.40. The van der Waals surface area contributed by atoms with Gasteiger partial charge >= 0.3 is 29.8 Å². The largest absolute Gasteiger partial charge is 0.491 e. The first-order chi connectivity index (χ1) is 30.6. The lowest BCUT2D eigenvalue weighted by molar-refractivity contribution is -0.173. The summed E-state index contributed by atoms with van der Waals surface area (Å²) in [5, 5.41) is 39.5. The van der Waals surface area contributed by atoms with E-state index in [9.17, 15) is 39.3 Å². The van der Waals surface area contributed by atoms with E-state index in [0.29, 0.717) is 17.2 Å². The molecule has 0 aromatic heterocycles. The van der Waals surface area contributed by atoms with E-state index in [0.717, 1.165) is 16.7 Å². The van der Waals surface area contributed by atoms with Gasteiger partial charge in [-0.15, -0.1) is 0 Å². The molecule has 0 radical (unpaired) electrons. The number of hydrogen-bond donors (Lipinski definition) is 4. The molecule has 0 heterocycles. The van der Waals surface area contributed by atoms with Gasteiger partial charge in [-0.25, -0.2) is 4.79 Å². The SMILES string of the molecule is C=C(C)C(=O)OCCCOC(=O)CCC(=O)OC(O)COc1ccc(C(C)(c2ccc(OCC(O)CO)cc2)c2ccc(OCC(O)COC(=O)CCC(=O)OCCOC)cc2)cc1. The van der Waals surface area contributed by atoms with Crippen molar-refractivity contribution < 1.29 is 87.0 Å². The number of rotatable bonds is 30. The number of methoxy groups -OCH3 is 1. The van der Waals surface area contributed by atoms with Crippen LogP contribution >= 0.6 is 0 Å². The van der Waals surface area contributed by atoms with E-state index in [4.69, 9.17) is 47.7 Å². The second-order valence-corrected chi connectivity index (χ2v) is 14.5. The van der Waals surface area contributed by atoms with Gasteiger partial charge in [0.25, 0.3) is 0 Å². The molecule has 64 heavy (non-hydrogen) atoms. The van der Waals surface area contributed by atoms with Crippen LogP contribution in [-0.4, -0.2) is 135 Å². The summed E-state index contributed by atoms with van der Waals surface area (Å²) in [7, 11) is 1.47. The maximum Gasteiger partial charge on any atom is 0.333 e. The minimum absolute atomic E-state index is 0.0116. The smallest absolute Gasteiger partial charge is 0.333 e. The monoisotopic (exact) mass is 898 g/mol. The average molecular weight is 899 g/mol. The number of aliphatic hydroxyl groups excluding tert-OH is 4. The molecule has 0 bridgehead atoms. The second-order valence-electron chi connectivity index (χ2n) is 14.5. The summed E-state index contributed by atoms with van der Waals surface area (Å²) >= 11 is 0. The van der Waals surface area contributed by atoms with Crippen LogP contribution < -0.4 is 14.2 Å². The number of esters is 5. The summed E-state index contributed by atoms with van der Waals surface area (Å²) in [6.07, 6.45) is -4.52. The van der Waals surface area contributed by atoms with Gasteiger partial charge in [0, 0.05) is 24.5 Å². The first kappa shape index (κ1) is 52.3. The topological polar surface area (TPSA) is 249 Å². The van der Waals surface area contributed by atoms with E-state index >= 15 is 0 Å². The number of benzene rings is 3. The molecular weight excluding hydrogens is 840 g/mol. The minimum atomic E-state index is -1.62. The lowest BCUT2D eigenvalue weighted by atomic mass is 9.71. The van der Waals surface area contributed by atoms with Gasteiger partial charge in [0.15, 0.2) is 6.61 Å². The average Bonchev–Trinajstić information content (AvgIpc) is 3.29.